The summed E-state index contributed by atoms with van der Waals surface area (Å²) in [5.74, 6) is -3.00. The van der Waals surface area contributed by atoms with Crippen LogP contribution in [0, 0.1) is 0 Å². The number of aliphatic carboxylic acids is 1. The van der Waals surface area contributed by atoms with Gasteiger partial charge in [0.1, 0.15) is 18.1 Å². The zero-order chi connectivity index (χ0) is 26.7. The topological polar surface area (TPSA) is 206 Å². The maximum absolute atomic E-state index is 13.2. The summed E-state index contributed by atoms with van der Waals surface area (Å²) >= 11 is 3.95. The lowest BCUT2D eigenvalue weighted by molar-refractivity contribution is -0.142. The molecule has 3 amide bonds. The Hall–Kier alpha value is -3.32. The molecule has 0 aromatic heterocycles. The van der Waals surface area contributed by atoms with E-state index in [-0.39, 0.29) is 30.6 Å². The highest BCUT2D eigenvalue weighted by atomic mass is 32.1. The van der Waals surface area contributed by atoms with E-state index in [1.807, 2.05) is 30.3 Å². The predicted molar refractivity (Wildman–Crippen MR) is 138 cm³/mol. The summed E-state index contributed by atoms with van der Waals surface area (Å²) in [7, 11) is 0. The molecule has 2 rings (SSSR count). The van der Waals surface area contributed by atoms with Crippen LogP contribution < -0.4 is 27.8 Å². The number of benzene rings is 1. The fourth-order valence-electron chi connectivity index (χ4n) is 3.97. The van der Waals surface area contributed by atoms with E-state index in [2.05, 4.69) is 28.3 Å². The first kappa shape index (κ1) is 28.9. The monoisotopic (exact) mass is 521 g/mol. The summed E-state index contributed by atoms with van der Waals surface area (Å²) in [6.07, 6.45) is 1.88. The molecule has 1 aromatic rings. The Bertz CT molecular complexity index is 942. The zero-order valence-corrected chi connectivity index (χ0v) is 20.9. The number of carboxylic acids is 1. The summed E-state index contributed by atoms with van der Waals surface area (Å²) in [5.41, 5.74) is 17.7. The van der Waals surface area contributed by atoms with Gasteiger partial charge in [0, 0.05) is 18.8 Å². The van der Waals surface area contributed by atoms with E-state index in [1.54, 1.807) is 0 Å². The minimum atomic E-state index is -1.25. The van der Waals surface area contributed by atoms with Crippen LogP contribution in [0.4, 0.5) is 0 Å². The Morgan fingerprint density at radius 2 is 1.83 bits per heavy atom. The van der Waals surface area contributed by atoms with E-state index in [9.17, 15) is 24.3 Å². The lowest BCUT2D eigenvalue weighted by atomic mass is 10.0. The van der Waals surface area contributed by atoms with Gasteiger partial charge in [0.2, 0.25) is 17.7 Å². The van der Waals surface area contributed by atoms with Crippen molar-refractivity contribution >= 4 is 42.3 Å². The number of hydrogen-bond acceptors (Lipinski definition) is 7. The number of carboxylic acid groups (broad SMARTS) is 1. The Morgan fingerprint density at radius 1 is 1.14 bits per heavy atom. The molecule has 0 aliphatic carbocycles. The highest BCUT2D eigenvalue weighted by Gasteiger charge is 2.37. The third kappa shape index (κ3) is 8.72. The molecule has 198 valence electrons. The maximum atomic E-state index is 13.2. The number of guanidine groups is 1. The van der Waals surface area contributed by atoms with Crippen LogP contribution in [0.15, 0.2) is 35.3 Å². The number of rotatable bonds is 13. The van der Waals surface area contributed by atoms with E-state index in [0.29, 0.717) is 32.2 Å². The molecule has 0 bridgehead atoms. The molecule has 1 heterocycles. The summed E-state index contributed by atoms with van der Waals surface area (Å²) in [4.78, 5) is 55.6. The van der Waals surface area contributed by atoms with Gasteiger partial charge < -0.3 is 37.8 Å². The quantitative estimate of drug-likeness (QED) is 0.0708. The fourth-order valence-corrected chi connectivity index (χ4v) is 4.22. The third-order valence-corrected chi connectivity index (χ3v) is 6.19. The minimum Gasteiger partial charge on any atom is -0.480 e. The molecule has 1 aromatic carbocycles. The fraction of sp³-hybridized carbons (Fsp3) is 0.522. The molecule has 13 heteroatoms. The van der Waals surface area contributed by atoms with Crippen molar-refractivity contribution in [3.63, 3.8) is 0 Å². The van der Waals surface area contributed by atoms with Gasteiger partial charge in [-0.1, -0.05) is 30.3 Å². The van der Waals surface area contributed by atoms with Crippen LogP contribution in [-0.4, -0.2) is 82.7 Å². The van der Waals surface area contributed by atoms with Gasteiger partial charge >= 0.3 is 5.97 Å². The van der Waals surface area contributed by atoms with Gasteiger partial charge in [-0.2, -0.15) is 12.6 Å². The molecule has 0 radical (unpaired) electrons. The standard InChI is InChI=1S/C23H35N7O5S/c24-15(12-14-6-2-1-3-7-14)21(33)30-11-5-9-18(30)20(32)28-16(8-4-10-27-23(25)26)19(31)29-17(13-36)22(34)35/h1-3,6-7,15-18,36H,4-5,8-13,24H2,(H,28,32)(H,29,31)(H,34,35)(H4,25,26,27). The second-order valence-corrected chi connectivity index (χ2v) is 8.94. The first-order valence-electron chi connectivity index (χ1n) is 11.7. The Labute approximate surface area is 215 Å². The van der Waals surface area contributed by atoms with Crippen LogP contribution in [0.2, 0.25) is 0 Å². The van der Waals surface area contributed by atoms with Gasteiger partial charge in [-0.25, -0.2) is 4.79 Å². The van der Waals surface area contributed by atoms with E-state index in [1.165, 1.54) is 4.90 Å². The minimum absolute atomic E-state index is 0.104. The highest BCUT2D eigenvalue weighted by Crippen LogP contribution is 2.20. The van der Waals surface area contributed by atoms with E-state index < -0.39 is 42.0 Å². The number of carbonyl (C=O) groups is 4. The van der Waals surface area contributed by atoms with Crippen molar-refractivity contribution in [2.45, 2.75) is 56.3 Å². The molecule has 4 unspecified atom stereocenters. The molecule has 1 aliphatic rings. The van der Waals surface area contributed by atoms with Gasteiger partial charge in [-0.3, -0.25) is 19.4 Å². The molecule has 0 spiro atoms. The molecular formula is C23H35N7O5S. The van der Waals surface area contributed by atoms with Crippen molar-refractivity contribution in [1.82, 2.24) is 15.5 Å². The van der Waals surface area contributed by atoms with Crippen LogP contribution >= 0.6 is 12.6 Å². The van der Waals surface area contributed by atoms with Crippen LogP contribution in [0.3, 0.4) is 0 Å². The van der Waals surface area contributed by atoms with Crippen LogP contribution in [-0.2, 0) is 25.6 Å². The van der Waals surface area contributed by atoms with Crippen LogP contribution in [0.25, 0.3) is 0 Å². The molecule has 1 saturated heterocycles. The van der Waals surface area contributed by atoms with Crippen molar-refractivity contribution in [1.29, 1.82) is 0 Å². The van der Waals surface area contributed by atoms with Gasteiger partial charge in [0.25, 0.3) is 0 Å². The van der Waals surface area contributed by atoms with E-state index in [0.717, 1.165) is 5.56 Å². The summed E-state index contributed by atoms with van der Waals surface area (Å²) in [5, 5.41) is 14.3. The lowest BCUT2D eigenvalue weighted by Crippen LogP contribution is -2.57. The second kappa shape index (κ2) is 14.3. The van der Waals surface area contributed by atoms with Crippen molar-refractivity contribution in [2.24, 2.45) is 22.2 Å². The number of amides is 3. The van der Waals surface area contributed by atoms with Gasteiger partial charge in [0.15, 0.2) is 5.96 Å². The predicted octanol–water partition coefficient (Wildman–Crippen LogP) is -1.41. The Kier molecular flexibility index (Phi) is 11.5. The number of nitrogens with two attached hydrogens (primary N) is 3. The first-order chi connectivity index (χ1) is 17.1. The van der Waals surface area contributed by atoms with Crippen LogP contribution in [0.1, 0.15) is 31.2 Å². The number of hydrogen-bond donors (Lipinski definition) is 7. The number of carbonyl (C=O) groups excluding carboxylic acids is 3. The third-order valence-electron chi connectivity index (χ3n) is 5.83. The Balaban J connectivity index is 2.08. The average molecular weight is 522 g/mol. The normalized spacial score (nSPS) is 17.5. The molecule has 4 atom stereocenters. The van der Waals surface area contributed by atoms with Crippen molar-refractivity contribution in [2.75, 3.05) is 18.8 Å². The zero-order valence-electron chi connectivity index (χ0n) is 20.0. The van der Waals surface area contributed by atoms with Gasteiger partial charge in [-0.15, -0.1) is 0 Å². The average Bonchev–Trinajstić information content (AvgIpc) is 3.34. The summed E-state index contributed by atoms with van der Waals surface area (Å²) in [6.45, 7) is 0.598. The number of aliphatic imine (C=N–C) groups is 1. The van der Waals surface area contributed by atoms with Crippen molar-refractivity contribution in [3.8, 4) is 0 Å². The van der Waals surface area contributed by atoms with E-state index in [4.69, 9.17) is 17.2 Å². The number of nitrogens with zero attached hydrogens (tertiary/aromatic N) is 2. The second-order valence-electron chi connectivity index (χ2n) is 8.58. The van der Waals surface area contributed by atoms with Crippen molar-refractivity contribution in [3.05, 3.63) is 35.9 Å². The SMILES string of the molecule is NC(N)=NCCCC(NC(=O)C1CCCN1C(=O)C(N)Cc1ccccc1)C(=O)NC(CS)C(=O)O. The van der Waals surface area contributed by atoms with Gasteiger partial charge in [-0.05, 0) is 37.7 Å². The molecule has 9 N–H and O–H groups in total. The summed E-state index contributed by atoms with van der Waals surface area (Å²) in [6, 6.07) is 5.47. The lowest BCUT2D eigenvalue weighted by Gasteiger charge is -2.28. The maximum Gasteiger partial charge on any atom is 0.327 e. The van der Waals surface area contributed by atoms with Gasteiger partial charge in [0.05, 0.1) is 6.04 Å². The number of likely N-dealkylation sites (tertiary alicyclic amines) is 1. The van der Waals surface area contributed by atoms with Crippen LogP contribution in [0.5, 0.6) is 0 Å². The largest absolute Gasteiger partial charge is 0.480 e. The molecule has 1 aliphatic heterocycles. The molecule has 0 saturated carbocycles. The summed E-state index contributed by atoms with van der Waals surface area (Å²) < 4.78 is 0. The molecule has 12 nitrogen and oxygen atoms in total. The number of thiol groups is 1. The highest BCUT2D eigenvalue weighted by molar-refractivity contribution is 7.80. The van der Waals surface area contributed by atoms with Crippen molar-refractivity contribution < 1.29 is 24.3 Å². The smallest absolute Gasteiger partial charge is 0.327 e. The number of nitrogens with one attached hydrogen (secondary N) is 2. The molecule has 1 fully saturated rings. The first-order valence-corrected chi connectivity index (χ1v) is 12.4. The Morgan fingerprint density at radius 3 is 2.44 bits per heavy atom. The molecular weight excluding hydrogens is 486 g/mol. The van der Waals surface area contributed by atoms with E-state index >= 15 is 0 Å². The molecule has 36 heavy (non-hydrogen) atoms.